The predicted octanol–water partition coefficient (Wildman–Crippen LogP) is 5.11. The van der Waals surface area contributed by atoms with E-state index in [1.54, 1.807) is 0 Å². The van der Waals surface area contributed by atoms with E-state index in [2.05, 4.69) is 43.4 Å². The molecule has 0 amide bonds. The minimum absolute atomic E-state index is 0.0317. The summed E-state index contributed by atoms with van der Waals surface area (Å²) in [4.78, 5) is 11.7. The van der Waals surface area contributed by atoms with Gasteiger partial charge in [0.15, 0.2) is 0 Å². The van der Waals surface area contributed by atoms with Crippen molar-refractivity contribution in [1.82, 2.24) is 0 Å². The van der Waals surface area contributed by atoms with E-state index in [9.17, 15) is 4.79 Å². The Morgan fingerprint density at radius 3 is 2.35 bits per heavy atom. The SMILES string of the molecule is CCC1CC/C=C\C/C=C\C/C=C\CCCCC(=O)O1. The van der Waals surface area contributed by atoms with E-state index in [1.165, 1.54) is 0 Å². The molecule has 0 saturated heterocycles. The molecule has 1 heterocycles. The van der Waals surface area contributed by atoms with Crippen LogP contribution in [0.25, 0.3) is 0 Å². The number of esters is 1. The molecule has 0 aromatic heterocycles. The zero-order valence-electron chi connectivity index (χ0n) is 12.7. The third-order valence-corrected chi connectivity index (χ3v) is 3.45. The quantitative estimate of drug-likeness (QED) is 0.491. The lowest BCUT2D eigenvalue weighted by atomic mass is 10.1. The molecule has 0 aliphatic carbocycles. The third-order valence-electron chi connectivity index (χ3n) is 3.45. The molecule has 0 radical (unpaired) electrons. The fourth-order valence-electron chi connectivity index (χ4n) is 2.18. The van der Waals surface area contributed by atoms with E-state index < -0.39 is 0 Å². The zero-order chi connectivity index (χ0) is 14.5. The highest BCUT2D eigenvalue weighted by Gasteiger charge is 2.11. The van der Waals surface area contributed by atoms with Crippen LogP contribution in [0.4, 0.5) is 0 Å². The second kappa shape index (κ2) is 11.5. The number of carbonyl (C=O) groups excluding carboxylic acids is 1. The first-order chi connectivity index (χ1) is 9.83. The van der Waals surface area contributed by atoms with Gasteiger partial charge in [-0.25, -0.2) is 0 Å². The Morgan fingerprint density at radius 1 is 1.00 bits per heavy atom. The van der Waals surface area contributed by atoms with E-state index in [-0.39, 0.29) is 12.1 Å². The van der Waals surface area contributed by atoms with Crippen LogP contribution >= 0.6 is 0 Å². The fraction of sp³-hybridized carbons (Fsp3) is 0.611. The number of hydrogen-bond donors (Lipinski definition) is 0. The summed E-state index contributed by atoms with van der Waals surface area (Å²) in [5.41, 5.74) is 0. The van der Waals surface area contributed by atoms with Gasteiger partial charge < -0.3 is 4.74 Å². The highest BCUT2D eigenvalue weighted by atomic mass is 16.5. The van der Waals surface area contributed by atoms with E-state index in [0.29, 0.717) is 6.42 Å². The minimum Gasteiger partial charge on any atom is -0.462 e. The van der Waals surface area contributed by atoms with Crippen LogP contribution in [-0.2, 0) is 9.53 Å². The van der Waals surface area contributed by atoms with E-state index in [1.807, 2.05) is 0 Å². The van der Waals surface area contributed by atoms with Gasteiger partial charge in [0, 0.05) is 6.42 Å². The number of hydrogen-bond acceptors (Lipinski definition) is 2. The summed E-state index contributed by atoms with van der Waals surface area (Å²) >= 11 is 0. The molecule has 1 unspecified atom stereocenters. The Balaban J connectivity index is 2.45. The van der Waals surface area contributed by atoms with Crippen molar-refractivity contribution in [2.75, 3.05) is 0 Å². The molecular formula is C18H28O2. The first-order valence-corrected chi connectivity index (χ1v) is 7.97. The summed E-state index contributed by atoms with van der Waals surface area (Å²) in [7, 11) is 0. The van der Waals surface area contributed by atoms with Crippen molar-refractivity contribution in [2.24, 2.45) is 0 Å². The average molecular weight is 276 g/mol. The maximum Gasteiger partial charge on any atom is 0.306 e. The van der Waals surface area contributed by atoms with Crippen LogP contribution in [0, 0.1) is 0 Å². The minimum atomic E-state index is -0.0317. The maximum atomic E-state index is 11.7. The van der Waals surface area contributed by atoms with Crippen LogP contribution < -0.4 is 0 Å². The summed E-state index contributed by atoms with van der Waals surface area (Å²) in [6, 6.07) is 0. The molecule has 1 aliphatic heterocycles. The van der Waals surface area contributed by atoms with Crippen LogP contribution in [0.15, 0.2) is 36.5 Å². The normalized spacial score (nSPS) is 28.1. The van der Waals surface area contributed by atoms with Crippen molar-refractivity contribution in [1.29, 1.82) is 0 Å². The Bertz CT molecular complexity index is 339. The molecule has 20 heavy (non-hydrogen) atoms. The van der Waals surface area contributed by atoms with Crippen molar-refractivity contribution >= 4 is 5.97 Å². The average Bonchev–Trinajstić information content (AvgIpc) is 2.45. The number of rotatable bonds is 1. The molecule has 0 spiro atoms. The topological polar surface area (TPSA) is 26.3 Å². The van der Waals surface area contributed by atoms with Crippen molar-refractivity contribution in [2.45, 2.75) is 70.8 Å². The van der Waals surface area contributed by atoms with Gasteiger partial charge in [0.25, 0.3) is 0 Å². The summed E-state index contributed by atoms with van der Waals surface area (Å²) in [6.45, 7) is 2.08. The van der Waals surface area contributed by atoms with Gasteiger partial charge >= 0.3 is 5.97 Å². The summed E-state index contributed by atoms with van der Waals surface area (Å²) < 4.78 is 5.52. The van der Waals surface area contributed by atoms with E-state index >= 15 is 0 Å². The number of ether oxygens (including phenoxy) is 1. The highest BCUT2D eigenvalue weighted by Crippen LogP contribution is 2.11. The van der Waals surface area contributed by atoms with Crippen molar-refractivity contribution in [3.05, 3.63) is 36.5 Å². The Labute approximate surface area is 123 Å². The third kappa shape index (κ3) is 8.73. The second-order valence-corrected chi connectivity index (χ2v) is 5.23. The molecule has 112 valence electrons. The molecular weight excluding hydrogens is 248 g/mol. The molecule has 1 atom stereocenters. The van der Waals surface area contributed by atoms with Gasteiger partial charge in [0.05, 0.1) is 0 Å². The molecule has 0 fully saturated rings. The summed E-state index contributed by atoms with van der Waals surface area (Å²) in [6.07, 6.45) is 21.7. The number of allylic oxidation sites excluding steroid dienone is 6. The molecule has 1 rings (SSSR count). The molecule has 0 N–H and O–H groups in total. The van der Waals surface area contributed by atoms with Crippen molar-refractivity contribution in [3.8, 4) is 0 Å². The first-order valence-electron chi connectivity index (χ1n) is 7.97. The molecule has 2 nitrogen and oxygen atoms in total. The molecule has 0 aromatic carbocycles. The summed E-state index contributed by atoms with van der Waals surface area (Å²) in [5.74, 6) is -0.0317. The van der Waals surface area contributed by atoms with Gasteiger partial charge in [-0.2, -0.15) is 0 Å². The maximum absolute atomic E-state index is 11.7. The molecule has 0 saturated carbocycles. The lowest BCUT2D eigenvalue weighted by Crippen LogP contribution is -2.17. The van der Waals surface area contributed by atoms with E-state index in [4.69, 9.17) is 4.74 Å². The number of cyclic esters (lactones) is 1. The lowest BCUT2D eigenvalue weighted by Gasteiger charge is -2.15. The number of carbonyl (C=O) groups is 1. The Kier molecular flexibility index (Phi) is 9.64. The van der Waals surface area contributed by atoms with Gasteiger partial charge in [-0.3, -0.25) is 4.79 Å². The first kappa shape index (κ1) is 16.7. The van der Waals surface area contributed by atoms with Crippen LogP contribution in [-0.4, -0.2) is 12.1 Å². The fourth-order valence-corrected chi connectivity index (χ4v) is 2.18. The van der Waals surface area contributed by atoms with Gasteiger partial charge in [-0.15, -0.1) is 0 Å². The van der Waals surface area contributed by atoms with Crippen molar-refractivity contribution in [3.63, 3.8) is 0 Å². The Hall–Kier alpha value is -1.31. The molecule has 2 heteroatoms. The Morgan fingerprint density at radius 2 is 1.65 bits per heavy atom. The smallest absolute Gasteiger partial charge is 0.306 e. The van der Waals surface area contributed by atoms with E-state index in [0.717, 1.165) is 51.4 Å². The van der Waals surface area contributed by atoms with Crippen LogP contribution in [0.5, 0.6) is 0 Å². The largest absolute Gasteiger partial charge is 0.462 e. The second-order valence-electron chi connectivity index (χ2n) is 5.23. The zero-order valence-corrected chi connectivity index (χ0v) is 12.7. The highest BCUT2D eigenvalue weighted by molar-refractivity contribution is 5.69. The standard InChI is InChI=1S/C18H28O2/c1-2-17-15-13-11-9-7-5-3-4-6-8-10-12-14-16-18(19)20-17/h3,5-6,8-9,11,17H,2,4,7,10,12-16H2,1H3/b5-3-,8-6-,11-9-. The lowest BCUT2D eigenvalue weighted by molar-refractivity contribution is -0.149. The van der Waals surface area contributed by atoms with Crippen LogP contribution in [0.1, 0.15) is 64.7 Å². The monoisotopic (exact) mass is 276 g/mol. The van der Waals surface area contributed by atoms with Gasteiger partial charge in [-0.1, -0.05) is 43.4 Å². The predicted molar refractivity (Wildman–Crippen MR) is 84.5 cm³/mol. The molecule has 0 bridgehead atoms. The molecule has 0 aromatic rings. The van der Waals surface area contributed by atoms with Crippen molar-refractivity contribution < 1.29 is 9.53 Å². The molecule has 1 aliphatic rings. The van der Waals surface area contributed by atoms with Crippen LogP contribution in [0.2, 0.25) is 0 Å². The van der Waals surface area contributed by atoms with Gasteiger partial charge in [0.2, 0.25) is 0 Å². The summed E-state index contributed by atoms with van der Waals surface area (Å²) in [5, 5.41) is 0. The van der Waals surface area contributed by atoms with Gasteiger partial charge in [0.1, 0.15) is 6.10 Å². The van der Waals surface area contributed by atoms with Crippen LogP contribution in [0.3, 0.4) is 0 Å². The van der Waals surface area contributed by atoms with Gasteiger partial charge in [-0.05, 0) is 51.4 Å².